The van der Waals surface area contributed by atoms with Crippen LogP contribution in [0.4, 0.5) is 5.69 Å². The van der Waals surface area contributed by atoms with Crippen molar-refractivity contribution in [1.82, 2.24) is 20.1 Å². The summed E-state index contributed by atoms with van der Waals surface area (Å²) in [6.07, 6.45) is 0. The maximum Gasteiger partial charge on any atom is 0.251 e. The summed E-state index contributed by atoms with van der Waals surface area (Å²) in [4.78, 5) is 25.2. The van der Waals surface area contributed by atoms with Crippen LogP contribution in [0.3, 0.4) is 0 Å². The Hall–Kier alpha value is -4.05. The van der Waals surface area contributed by atoms with Crippen LogP contribution in [-0.2, 0) is 17.9 Å². The van der Waals surface area contributed by atoms with E-state index in [1.165, 1.54) is 11.8 Å². The van der Waals surface area contributed by atoms with Gasteiger partial charge in [0.2, 0.25) is 12.7 Å². The lowest BCUT2D eigenvalue weighted by atomic mass is 10.1. The monoisotopic (exact) mass is 489 g/mol. The number of benzene rings is 3. The van der Waals surface area contributed by atoms with Gasteiger partial charge in [0, 0.05) is 23.2 Å². The van der Waals surface area contributed by atoms with E-state index in [2.05, 4.69) is 20.8 Å². The van der Waals surface area contributed by atoms with Gasteiger partial charge in [0.15, 0.2) is 22.5 Å². The van der Waals surface area contributed by atoms with E-state index in [0.717, 1.165) is 16.5 Å². The molecule has 1 aliphatic rings. The molecule has 0 atom stereocenters. The lowest BCUT2D eigenvalue weighted by Crippen LogP contribution is -2.24. The van der Waals surface area contributed by atoms with Crippen molar-refractivity contribution in [2.24, 2.45) is 0 Å². The highest BCUT2D eigenvalue weighted by atomic mass is 32.2. The number of aromatic nitrogens is 3. The molecular formula is C25H23N5O4S. The molecule has 0 radical (unpaired) electrons. The van der Waals surface area contributed by atoms with Gasteiger partial charge in [-0.3, -0.25) is 9.59 Å². The molecular weight excluding hydrogens is 466 g/mol. The van der Waals surface area contributed by atoms with E-state index in [0.29, 0.717) is 34.6 Å². The van der Waals surface area contributed by atoms with Gasteiger partial charge < -0.3 is 24.7 Å². The average molecular weight is 490 g/mol. The Kier molecular flexibility index (Phi) is 6.53. The van der Waals surface area contributed by atoms with E-state index in [4.69, 9.17) is 9.47 Å². The molecule has 1 aliphatic heterocycles. The van der Waals surface area contributed by atoms with Crippen molar-refractivity contribution < 1.29 is 19.1 Å². The summed E-state index contributed by atoms with van der Waals surface area (Å²) in [7, 11) is 0. The Balaban J connectivity index is 1.19. The normalized spacial score (nSPS) is 12.0. The molecule has 10 heteroatoms. The molecule has 4 aromatic rings. The van der Waals surface area contributed by atoms with E-state index >= 15 is 0 Å². The number of anilines is 1. The van der Waals surface area contributed by atoms with E-state index in [9.17, 15) is 9.59 Å². The molecule has 2 N–H and O–H groups in total. The van der Waals surface area contributed by atoms with E-state index in [1.807, 2.05) is 54.0 Å². The van der Waals surface area contributed by atoms with Crippen molar-refractivity contribution in [3.05, 3.63) is 72.1 Å². The maximum atomic E-state index is 12.6. The number of amides is 2. The third-order valence-electron chi connectivity index (χ3n) is 5.55. The smallest absolute Gasteiger partial charge is 0.251 e. The minimum absolute atomic E-state index is 0.130. The van der Waals surface area contributed by atoms with Crippen LogP contribution in [0, 0.1) is 0 Å². The first-order valence-corrected chi connectivity index (χ1v) is 12.1. The predicted octanol–water partition coefficient (Wildman–Crippen LogP) is 3.84. The number of carbonyl (C=O) groups excluding carboxylic acids is 2. The quantitative estimate of drug-likeness (QED) is 0.362. The number of nitrogens with one attached hydrogen (secondary N) is 2. The Bertz CT molecular complexity index is 1400. The van der Waals surface area contributed by atoms with Crippen molar-refractivity contribution >= 4 is 40.0 Å². The molecule has 0 saturated heterocycles. The SMILES string of the molecule is CCn1c(CNC(=O)c2ccc3c(c2)OCO3)nnc1SCC(=O)Nc1cccc2ccccc12. The van der Waals surface area contributed by atoms with Crippen LogP contribution in [0.2, 0.25) is 0 Å². The average Bonchev–Trinajstić information content (AvgIpc) is 3.52. The number of carbonyl (C=O) groups is 2. The van der Waals surface area contributed by atoms with Crippen molar-refractivity contribution in [1.29, 1.82) is 0 Å². The number of fused-ring (bicyclic) bond motifs is 2. The minimum Gasteiger partial charge on any atom is -0.454 e. The molecule has 3 aromatic carbocycles. The topological polar surface area (TPSA) is 107 Å². The third kappa shape index (κ3) is 4.92. The number of thioether (sulfide) groups is 1. The van der Waals surface area contributed by atoms with E-state index < -0.39 is 0 Å². The number of nitrogens with zero attached hydrogens (tertiary/aromatic N) is 3. The maximum absolute atomic E-state index is 12.6. The summed E-state index contributed by atoms with van der Waals surface area (Å²) in [5, 5.41) is 17.0. The fourth-order valence-corrected chi connectivity index (χ4v) is 4.65. The summed E-state index contributed by atoms with van der Waals surface area (Å²) < 4.78 is 12.5. The minimum atomic E-state index is -0.252. The molecule has 178 valence electrons. The molecule has 5 rings (SSSR count). The van der Waals surface area contributed by atoms with Gasteiger partial charge in [-0.15, -0.1) is 10.2 Å². The van der Waals surface area contributed by atoms with Gasteiger partial charge in [-0.25, -0.2) is 0 Å². The van der Waals surface area contributed by atoms with Crippen molar-refractivity contribution in [3.63, 3.8) is 0 Å². The summed E-state index contributed by atoms with van der Waals surface area (Å²) in [5.41, 5.74) is 1.24. The number of hydrogen-bond donors (Lipinski definition) is 2. The second-order valence-electron chi connectivity index (χ2n) is 7.76. The highest BCUT2D eigenvalue weighted by molar-refractivity contribution is 7.99. The predicted molar refractivity (Wildman–Crippen MR) is 133 cm³/mol. The zero-order valence-corrected chi connectivity index (χ0v) is 19.8. The third-order valence-corrected chi connectivity index (χ3v) is 6.51. The fourth-order valence-electron chi connectivity index (χ4n) is 3.82. The highest BCUT2D eigenvalue weighted by Crippen LogP contribution is 2.32. The first kappa shape index (κ1) is 22.7. The van der Waals surface area contributed by atoms with Crippen LogP contribution in [0.15, 0.2) is 65.8 Å². The Labute approximate surface area is 205 Å². The summed E-state index contributed by atoms with van der Waals surface area (Å²) in [6, 6.07) is 18.8. The molecule has 35 heavy (non-hydrogen) atoms. The Morgan fingerprint density at radius 2 is 1.86 bits per heavy atom. The molecule has 0 saturated carbocycles. The zero-order chi connectivity index (χ0) is 24.2. The zero-order valence-electron chi connectivity index (χ0n) is 19.0. The second kappa shape index (κ2) is 10.1. The van der Waals surface area contributed by atoms with Gasteiger partial charge in [0.1, 0.15) is 0 Å². The molecule has 1 aromatic heterocycles. The van der Waals surface area contributed by atoms with Crippen molar-refractivity contribution in [2.75, 3.05) is 17.9 Å². The molecule has 0 unspecified atom stereocenters. The van der Waals surface area contributed by atoms with Gasteiger partial charge in [0.05, 0.1) is 12.3 Å². The van der Waals surface area contributed by atoms with Crippen LogP contribution < -0.4 is 20.1 Å². The first-order chi connectivity index (χ1) is 17.1. The second-order valence-corrected chi connectivity index (χ2v) is 8.70. The van der Waals surface area contributed by atoms with Crippen molar-refractivity contribution in [3.8, 4) is 11.5 Å². The van der Waals surface area contributed by atoms with Gasteiger partial charge in [-0.2, -0.15) is 0 Å². The molecule has 0 bridgehead atoms. The van der Waals surface area contributed by atoms with E-state index in [-0.39, 0.29) is 30.9 Å². The fraction of sp³-hybridized carbons (Fsp3) is 0.200. The van der Waals surface area contributed by atoms with Gasteiger partial charge in [-0.1, -0.05) is 48.2 Å². The largest absolute Gasteiger partial charge is 0.454 e. The Morgan fingerprint density at radius 1 is 1.03 bits per heavy atom. The van der Waals surface area contributed by atoms with Crippen LogP contribution in [0.25, 0.3) is 10.8 Å². The molecule has 0 spiro atoms. The van der Waals surface area contributed by atoms with Crippen LogP contribution >= 0.6 is 11.8 Å². The van der Waals surface area contributed by atoms with Crippen LogP contribution in [0.1, 0.15) is 23.1 Å². The summed E-state index contributed by atoms with van der Waals surface area (Å²) in [5.74, 6) is 1.59. The van der Waals surface area contributed by atoms with Gasteiger partial charge in [-0.05, 0) is 36.6 Å². The first-order valence-electron chi connectivity index (χ1n) is 11.1. The molecule has 2 heterocycles. The standard InChI is InChI=1S/C25H23N5O4S/c1-2-30-22(13-26-24(32)17-10-11-20-21(12-17)34-15-33-20)28-29-25(30)35-14-23(31)27-19-9-5-7-16-6-3-4-8-18(16)19/h3-12H,2,13-15H2,1H3,(H,26,32)(H,27,31). The number of rotatable bonds is 8. The van der Waals surface area contributed by atoms with E-state index in [1.54, 1.807) is 18.2 Å². The van der Waals surface area contributed by atoms with Crippen LogP contribution in [0.5, 0.6) is 11.5 Å². The summed E-state index contributed by atoms with van der Waals surface area (Å²) in [6.45, 7) is 2.93. The Morgan fingerprint density at radius 3 is 2.74 bits per heavy atom. The molecule has 0 aliphatic carbocycles. The van der Waals surface area contributed by atoms with Crippen molar-refractivity contribution in [2.45, 2.75) is 25.2 Å². The lowest BCUT2D eigenvalue weighted by molar-refractivity contribution is -0.113. The van der Waals surface area contributed by atoms with Crippen LogP contribution in [-0.4, -0.2) is 39.1 Å². The lowest BCUT2D eigenvalue weighted by Gasteiger charge is -2.10. The van der Waals surface area contributed by atoms with Gasteiger partial charge in [0.25, 0.3) is 5.91 Å². The summed E-state index contributed by atoms with van der Waals surface area (Å²) >= 11 is 1.30. The number of ether oxygens (including phenoxy) is 2. The van der Waals surface area contributed by atoms with Gasteiger partial charge >= 0.3 is 0 Å². The number of hydrogen-bond acceptors (Lipinski definition) is 7. The molecule has 9 nitrogen and oxygen atoms in total. The molecule has 0 fully saturated rings. The molecule has 2 amide bonds. The highest BCUT2D eigenvalue weighted by Gasteiger charge is 2.18.